The lowest BCUT2D eigenvalue weighted by molar-refractivity contribution is 0.926. The van der Waals surface area contributed by atoms with Crippen molar-refractivity contribution in [2.75, 3.05) is 0 Å². The minimum Gasteiger partial charge on any atom is -0.276 e. The zero-order valence-electron chi connectivity index (χ0n) is 12.8. The average molecular weight is 314 g/mol. The minimum atomic E-state index is 0.521. The maximum absolute atomic E-state index is 4.72. The van der Waals surface area contributed by atoms with E-state index in [1.165, 1.54) is 12.8 Å². The fourth-order valence-electron chi connectivity index (χ4n) is 2.88. The first-order valence-corrected chi connectivity index (χ1v) is 7.96. The molecule has 0 radical (unpaired) electrons. The van der Waals surface area contributed by atoms with Gasteiger partial charge in [-0.3, -0.25) is 15.1 Å². The number of aromatic amines is 1. The molecule has 0 unspecified atom stereocenters. The van der Waals surface area contributed by atoms with Crippen LogP contribution in [0, 0.1) is 0 Å². The van der Waals surface area contributed by atoms with Gasteiger partial charge in [-0.2, -0.15) is 5.10 Å². The molecule has 24 heavy (non-hydrogen) atoms. The topological polar surface area (TPSA) is 80.2 Å². The molecule has 1 saturated carbocycles. The van der Waals surface area contributed by atoms with Gasteiger partial charge in [-0.25, -0.2) is 9.97 Å². The summed E-state index contributed by atoms with van der Waals surface area (Å²) in [7, 11) is 0. The third-order valence-electron chi connectivity index (χ3n) is 4.29. The van der Waals surface area contributed by atoms with Gasteiger partial charge in [0.25, 0.3) is 0 Å². The van der Waals surface area contributed by atoms with Gasteiger partial charge in [-0.1, -0.05) is 6.07 Å². The zero-order chi connectivity index (χ0) is 15.9. The summed E-state index contributed by atoms with van der Waals surface area (Å²) in [5, 5.41) is 7.30. The quantitative estimate of drug-likeness (QED) is 0.627. The van der Waals surface area contributed by atoms with Crippen molar-refractivity contribution in [1.82, 2.24) is 30.1 Å². The molecule has 3 aromatic heterocycles. The van der Waals surface area contributed by atoms with Crippen molar-refractivity contribution in [1.29, 1.82) is 0 Å². The van der Waals surface area contributed by atoms with Crippen LogP contribution in [0.2, 0.25) is 0 Å². The third kappa shape index (κ3) is 2.23. The monoisotopic (exact) mass is 314 g/mol. The Balaban J connectivity index is 1.62. The van der Waals surface area contributed by atoms with Gasteiger partial charge in [0.15, 0.2) is 0 Å². The number of nitrogens with zero attached hydrogens (tertiary/aromatic N) is 5. The van der Waals surface area contributed by atoms with Crippen LogP contribution in [-0.2, 0) is 0 Å². The van der Waals surface area contributed by atoms with E-state index in [4.69, 9.17) is 4.98 Å². The first kappa shape index (κ1) is 13.3. The molecule has 4 aromatic rings. The van der Waals surface area contributed by atoms with Crippen LogP contribution in [0.3, 0.4) is 0 Å². The molecule has 0 amide bonds. The molecule has 0 aliphatic heterocycles. The molecule has 0 atom stereocenters. The van der Waals surface area contributed by atoms with Gasteiger partial charge in [0.2, 0.25) is 0 Å². The molecule has 1 N–H and O–H groups in total. The van der Waals surface area contributed by atoms with Crippen molar-refractivity contribution >= 4 is 11.0 Å². The average Bonchev–Trinajstić information content (AvgIpc) is 3.38. The summed E-state index contributed by atoms with van der Waals surface area (Å²) in [5.74, 6) is 1.45. The van der Waals surface area contributed by atoms with Crippen LogP contribution in [0.4, 0.5) is 0 Å². The second kappa shape index (κ2) is 5.19. The summed E-state index contributed by atoms with van der Waals surface area (Å²) >= 11 is 0. The van der Waals surface area contributed by atoms with E-state index >= 15 is 0 Å². The molecule has 1 fully saturated rings. The first-order chi connectivity index (χ1) is 11.9. The molecule has 1 aromatic carbocycles. The van der Waals surface area contributed by atoms with Crippen molar-refractivity contribution < 1.29 is 0 Å². The molecule has 116 valence electrons. The van der Waals surface area contributed by atoms with Gasteiger partial charge in [-0.05, 0) is 36.6 Å². The van der Waals surface area contributed by atoms with Gasteiger partial charge in [-0.15, -0.1) is 0 Å². The molecular formula is C18H14N6. The van der Waals surface area contributed by atoms with Crippen molar-refractivity contribution in [3.05, 3.63) is 54.9 Å². The molecule has 1 aliphatic carbocycles. The number of hydrogen-bond donors (Lipinski definition) is 1. The molecule has 6 nitrogen and oxygen atoms in total. The SMILES string of the molecule is c1cc(-c2[nH]ncc2-c2ccc3nccnc3c2)nc(C2CC2)n1. The van der Waals surface area contributed by atoms with E-state index < -0.39 is 0 Å². The maximum atomic E-state index is 4.72. The normalized spacial score (nSPS) is 14.2. The summed E-state index contributed by atoms with van der Waals surface area (Å²) in [6, 6.07) is 7.96. The lowest BCUT2D eigenvalue weighted by atomic mass is 10.0. The molecule has 6 heteroatoms. The Morgan fingerprint density at radius 3 is 2.67 bits per heavy atom. The third-order valence-corrected chi connectivity index (χ3v) is 4.29. The molecule has 0 spiro atoms. The van der Waals surface area contributed by atoms with Gasteiger partial charge < -0.3 is 0 Å². The Kier molecular flexibility index (Phi) is 2.88. The van der Waals surface area contributed by atoms with Crippen molar-refractivity contribution in [2.24, 2.45) is 0 Å². The number of H-pyrrole nitrogens is 1. The highest BCUT2D eigenvalue weighted by atomic mass is 15.1. The van der Waals surface area contributed by atoms with Gasteiger partial charge in [0, 0.05) is 30.1 Å². The van der Waals surface area contributed by atoms with Crippen LogP contribution in [-0.4, -0.2) is 30.1 Å². The zero-order valence-corrected chi connectivity index (χ0v) is 12.8. The maximum Gasteiger partial charge on any atom is 0.132 e. The van der Waals surface area contributed by atoms with Crippen molar-refractivity contribution in [3.8, 4) is 22.5 Å². The van der Waals surface area contributed by atoms with E-state index in [-0.39, 0.29) is 0 Å². The molecule has 0 saturated heterocycles. The Hall–Kier alpha value is -3.15. The van der Waals surface area contributed by atoms with E-state index in [1.54, 1.807) is 12.4 Å². The number of fused-ring (bicyclic) bond motifs is 1. The summed E-state index contributed by atoms with van der Waals surface area (Å²) in [4.78, 5) is 17.8. The molecule has 1 aliphatic rings. The van der Waals surface area contributed by atoms with Crippen LogP contribution >= 0.6 is 0 Å². The number of rotatable bonds is 3. The Bertz CT molecular complexity index is 1030. The summed E-state index contributed by atoms with van der Waals surface area (Å²) in [5.41, 5.74) is 5.57. The predicted molar refractivity (Wildman–Crippen MR) is 90.1 cm³/mol. The fourth-order valence-corrected chi connectivity index (χ4v) is 2.88. The van der Waals surface area contributed by atoms with Crippen LogP contribution in [0.15, 0.2) is 49.1 Å². The van der Waals surface area contributed by atoms with Gasteiger partial charge >= 0.3 is 0 Å². The fraction of sp³-hybridized carbons (Fsp3) is 0.167. The van der Waals surface area contributed by atoms with Crippen molar-refractivity contribution in [3.63, 3.8) is 0 Å². The van der Waals surface area contributed by atoms with E-state index in [0.717, 1.165) is 39.4 Å². The van der Waals surface area contributed by atoms with Crippen LogP contribution in [0.5, 0.6) is 0 Å². The smallest absolute Gasteiger partial charge is 0.132 e. The van der Waals surface area contributed by atoms with Gasteiger partial charge in [0.05, 0.1) is 28.6 Å². The van der Waals surface area contributed by atoms with Crippen LogP contribution < -0.4 is 0 Å². The number of hydrogen-bond acceptors (Lipinski definition) is 5. The Morgan fingerprint density at radius 1 is 0.917 bits per heavy atom. The largest absolute Gasteiger partial charge is 0.276 e. The minimum absolute atomic E-state index is 0.521. The Labute approximate surface area is 138 Å². The van der Waals surface area contributed by atoms with Crippen LogP contribution in [0.1, 0.15) is 24.6 Å². The highest BCUT2D eigenvalue weighted by molar-refractivity contribution is 5.85. The highest BCUT2D eigenvalue weighted by Crippen LogP contribution is 2.39. The lowest BCUT2D eigenvalue weighted by Crippen LogP contribution is -1.95. The van der Waals surface area contributed by atoms with E-state index in [0.29, 0.717) is 5.92 Å². The van der Waals surface area contributed by atoms with E-state index in [2.05, 4.69) is 25.1 Å². The number of aromatic nitrogens is 6. The summed E-state index contributed by atoms with van der Waals surface area (Å²) in [6.07, 6.45) is 9.42. The standard InChI is InChI=1S/C18H14N6/c1-2-11(1)18-21-6-5-15(23-18)17-13(10-22-24-17)12-3-4-14-16(9-12)20-8-7-19-14/h3-11H,1-2H2,(H,22,24). The second-order valence-corrected chi connectivity index (χ2v) is 5.99. The molecule has 3 heterocycles. The van der Waals surface area contributed by atoms with Crippen molar-refractivity contribution in [2.45, 2.75) is 18.8 Å². The summed E-state index contributed by atoms with van der Waals surface area (Å²) in [6.45, 7) is 0. The molecular weight excluding hydrogens is 300 g/mol. The van der Waals surface area contributed by atoms with Crippen LogP contribution in [0.25, 0.3) is 33.5 Å². The molecule has 0 bridgehead atoms. The first-order valence-electron chi connectivity index (χ1n) is 7.96. The molecule has 5 rings (SSSR count). The van der Waals surface area contributed by atoms with E-state index in [1.807, 2.05) is 36.7 Å². The van der Waals surface area contributed by atoms with E-state index in [9.17, 15) is 0 Å². The summed E-state index contributed by atoms with van der Waals surface area (Å²) < 4.78 is 0. The second-order valence-electron chi connectivity index (χ2n) is 5.99. The Morgan fingerprint density at radius 2 is 1.79 bits per heavy atom. The number of benzene rings is 1. The highest BCUT2D eigenvalue weighted by Gasteiger charge is 2.27. The predicted octanol–water partition coefficient (Wildman–Crippen LogP) is 3.35. The van der Waals surface area contributed by atoms with Gasteiger partial charge in [0.1, 0.15) is 5.82 Å². The number of nitrogens with one attached hydrogen (secondary N) is 1. The lowest BCUT2D eigenvalue weighted by Gasteiger charge is -2.05.